The van der Waals surface area contributed by atoms with Gasteiger partial charge in [-0.1, -0.05) is 29.8 Å². The number of carboxylic acid groups (broad SMARTS) is 1. The van der Waals surface area contributed by atoms with Gasteiger partial charge in [0, 0.05) is 13.0 Å². The molecule has 0 bridgehead atoms. The molecule has 6 nitrogen and oxygen atoms in total. The Bertz CT molecular complexity index is 782. The van der Waals surface area contributed by atoms with E-state index in [-0.39, 0.29) is 5.56 Å². The van der Waals surface area contributed by atoms with Gasteiger partial charge in [0.25, 0.3) is 5.56 Å². The third-order valence-corrected chi connectivity index (χ3v) is 3.87. The average molecular weight is 299 g/mol. The summed E-state index contributed by atoms with van der Waals surface area (Å²) in [6, 6.07) is 7.16. The Kier molecular flexibility index (Phi) is 3.66. The van der Waals surface area contributed by atoms with Crippen LogP contribution in [0.2, 0.25) is 0 Å². The SMILES string of the molecule is Cc1cccc(CNc2cnc3n(c2=O)[C@H](C(=O)O)CC3)c1. The van der Waals surface area contributed by atoms with Crippen molar-refractivity contribution in [3.05, 3.63) is 57.8 Å². The van der Waals surface area contributed by atoms with Crippen molar-refractivity contribution < 1.29 is 9.90 Å². The number of anilines is 1. The molecule has 2 N–H and O–H groups in total. The van der Waals surface area contributed by atoms with Gasteiger partial charge in [0.1, 0.15) is 17.6 Å². The quantitative estimate of drug-likeness (QED) is 0.898. The second-order valence-electron chi connectivity index (χ2n) is 5.50. The first-order valence-corrected chi connectivity index (χ1v) is 7.19. The van der Waals surface area contributed by atoms with Crippen LogP contribution in [0.4, 0.5) is 5.69 Å². The smallest absolute Gasteiger partial charge is 0.326 e. The number of hydrogen-bond donors (Lipinski definition) is 2. The molecule has 0 saturated carbocycles. The fourth-order valence-electron chi connectivity index (χ4n) is 2.78. The predicted octanol–water partition coefficient (Wildman–Crippen LogP) is 1.74. The highest BCUT2D eigenvalue weighted by molar-refractivity contribution is 5.72. The number of nitrogens with zero attached hydrogens (tertiary/aromatic N) is 2. The van der Waals surface area contributed by atoms with Crippen LogP contribution in [0.3, 0.4) is 0 Å². The zero-order chi connectivity index (χ0) is 15.7. The van der Waals surface area contributed by atoms with Crippen molar-refractivity contribution in [2.24, 2.45) is 0 Å². The lowest BCUT2D eigenvalue weighted by molar-refractivity contribution is -0.140. The number of rotatable bonds is 4. The van der Waals surface area contributed by atoms with Crippen molar-refractivity contribution in [1.29, 1.82) is 0 Å². The van der Waals surface area contributed by atoms with Crippen molar-refractivity contribution in [3.63, 3.8) is 0 Å². The lowest BCUT2D eigenvalue weighted by atomic mass is 10.1. The molecule has 114 valence electrons. The highest BCUT2D eigenvalue weighted by Crippen LogP contribution is 2.23. The molecule has 0 radical (unpaired) electrons. The minimum Gasteiger partial charge on any atom is -0.480 e. The Morgan fingerprint density at radius 2 is 2.32 bits per heavy atom. The average Bonchev–Trinajstić information content (AvgIpc) is 2.92. The molecule has 1 aliphatic heterocycles. The van der Waals surface area contributed by atoms with Crippen LogP contribution in [0.1, 0.15) is 29.4 Å². The number of hydrogen-bond acceptors (Lipinski definition) is 4. The molecule has 1 aromatic carbocycles. The van der Waals surface area contributed by atoms with Crippen LogP contribution >= 0.6 is 0 Å². The Labute approximate surface area is 127 Å². The normalized spacial score (nSPS) is 16.3. The zero-order valence-corrected chi connectivity index (χ0v) is 12.2. The van der Waals surface area contributed by atoms with Gasteiger partial charge in [-0.2, -0.15) is 0 Å². The van der Waals surface area contributed by atoms with Gasteiger partial charge in [-0.3, -0.25) is 9.36 Å². The molecular weight excluding hydrogens is 282 g/mol. The van der Waals surface area contributed by atoms with Crippen LogP contribution in [-0.2, 0) is 17.8 Å². The number of carboxylic acids is 1. The molecule has 0 amide bonds. The van der Waals surface area contributed by atoms with E-state index in [0.29, 0.717) is 30.9 Å². The Morgan fingerprint density at radius 3 is 3.05 bits per heavy atom. The van der Waals surface area contributed by atoms with Gasteiger partial charge < -0.3 is 10.4 Å². The molecule has 0 saturated heterocycles. The van der Waals surface area contributed by atoms with Gasteiger partial charge in [0.15, 0.2) is 0 Å². The van der Waals surface area contributed by atoms with Gasteiger partial charge in [-0.15, -0.1) is 0 Å². The number of aromatic nitrogens is 2. The Balaban J connectivity index is 1.86. The van der Waals surface area contributed by atoms with Crippen LogP contribution in [0.5, 0.6) is 0 Å². The molecule has 6 heteroatoms. The molecule has 3 rings (SSSR count). The first kappa shape index (κ1) is 14.3. The Hall–Kier alpha value is -2.63. The monoisotopic (exact) mass is 299 g/mol. The molecule has 0 spiro atoms. The molecule has 22 heavy (non-hydrogen) atoms. The minimum absolute atomic E-state index is 0.317. The number of aliphatic carboxylic acids is 1. The molecule has 0 unspecified atom stereocenters. The molecular formula is C16H17N3O3. The first-order valence-electron chi connectivity index (χ1n) is 7.19. The van der Waals surface area contributed by atoms with E-state index < -0.39 is 12.0 Å². The van der Waals surface area contributed by atoms with Gasteiger partial charge in [-0.25, -0.2) is 9.78 Å². The lowest BCUT2D eigenvalue weighted by Gasteiger charge is -2.12. The van der Waals surface area contributed by atoms with Gasteiger partial charge in [0.05, 0.1) is 6.20 Å². The van der Waals surface area contributed by atoms with Crippen molar-refractivity contribution in [2.75, 3.05) is 5.32 Å². The fourth-order valence-corrected chi connectivity index (χ4v) is 2.78. The van der Waals surface area contributed by atoms with Crippen molar-refractivity contribution in [3.8, 4) is 0 Å². The fraction of sp³-hybridized carbons (Fsp3) is 0.312. The van der Waals surface area contributed by atoms with Crippen molar-refractivity contribution >= 4 is 11.7 Å². The molecule has 1 aromatic heterocycles. The Morgan fingerprint density at radius 1 is 1.50 bits per heavy atom. The highest BCUT2D eigenvalue weighted by atomic mass is 16.4. The zero-order valence-electron chi connectivity index (χ0n) is 12.2. The van der Waals surface area contributed by atoms with E-state index >= 15 is 0 Å². The largest absolute Gasteiger partial charge is 0.480 e. The molecule has 2 aromatic rings. The van der Waals surface area contributed by atoms with Gasteiger partial charge >= 0.3 is 5.97 Å². The van der Waals surface area contributed by atoms with Gasteiger partial charge in [0.2, 0.25) is 0 Å². The number of carbonyl (C=O) groups is 1. The first-order chi connectivity index (χ1) is 10.6. The van der Waals surface area contributed by atoms with E-state index in [1.807, 2.05) is 31.2 Å². The minimum atomic E-state index is -0.988. The topological polar surface area (TPSA) is 84.2 Å². The number of nitrogens with one attached hydrogen (secondary N) is 1. The maximum Gasteiger partial charge on any atom is 0.326 e. The summed E-state index contributed by atoms with van der Waals surface area (Å²) in [5.74, 6) is -0.447. The molecule has 0 fully saturated rings. The molecule has 1 aliphatic rings. The summed E-state index contributed by atoms with van der Waals surface area (Å²) in [5.41, 5.74) is 2.22. The maximum atomic E-state index is 12.5. The van der Waals surface area contributed by atoms with Crippen LogP contribution in [0, 0.1) is 6.92 Å². The predicted molar refractivity (Wildman–Crippen MR) is 82.0 cm³/mol. The van der Waals surface area contributed by atoms with Crippen LogP contribution < -0.4 is 10.9 Å². The van der Waals surface area contributed by atoms with Crippen molar-refractivity contribution in [2.45, 2.75) is 32.4 Å². The van der Waals surface area contributed by atoms with E-state index in [0.717, 1.165) is 11.1 Å². The van der Waals surface area contributed by atoms with E-state index in [2.05, 4.69) is 10.3 Å². The highest BCUT2D eigenvalue weighted by Gasteiger charge is 2.30. The van der Waals surface area contributed by atoms with E-state index in [9.17, 15) is 14.7 Å². The number of benzene rings is 1. The van der Waals surface area contributed by atoms with Gasteiger partial charge in [-0.05, 0) is 18.9 Å². The summed E-state index contributed by atoms with van der Waals surface area (Å²) < 4.78 is 1.29. The number of aryl methyl sites for hydroxylation is 2. The maximum absolute atomic E-state index is 12.5. The van der Waals surface area contributed by atoms with Crippen LogP contribution in [0.25, 0.3) is 0 Å². The van der Waals surface area contributed by atoms with Crippen LogP contribution in [0.15, 0.2) is 35.3 Å². The standard InChI is InChI=1S/C16H17N3O3/c1-10-3-2-4-11(7-10)8-17-12-9-18-14-6-5-13(16(21)22)19(14)15(12)20/h2-4,7,9,13,17H,5-6,8H2,1H3,(H,21,22)/t13-/m0/s1. The summed E-state index contributed by atoms with van der Waals surface area (Å²) in [5, 5.41) is 12.3. The summed E-state index contributed by atoms with van der Waals surface area (Å²) in [6.45, 7) is 2.50. The van der Waals surface area contributed by atoms with E-state index in [1.54, 1.807) is 0 Å². The third kappa shape index (κ3) is 2.59. The second-order valence-corrected chi connectivity index (χ2v) is 5.50. The summed E-state index contributed by atoms with van der Waals surface area (Å²) in [4.78, 5) is 27.9. The number of fused-ring (bicyclic) bond motifs is 1. The summed E-state index contributed by atoms with van der Waals surface area (Å²) in [6.07, 6.45) is 2.43. The van der Waals surface area contributed by atoms with Crippen molar-refractivity contribution in [1.82, 2.24) is 9.55 Å². The molecule has 1 atom stereocenters. The second kappa shape index (κ2) is 5.63. The third-order valence-electron chi connectivity index (χ3n) is 3.87. The molecule has 2 heterocycles. The van der Waals surface area contributed by atoms with E-state index in [1.165, 1.54) is 10.8 Å². The molecule has 0 aliphatic carbocycles. The van der Waals surface area contributed by atoms with E-state index in [4.69, 9.17) is 0 Å². The van der Waals surface area contributed by atoms with Crippen LogP contribution in [-0.4, -0.2) is 20.6 Å². The summed E-state index contributed by atoms with van der Waals surface area (Å²) >= 11 is 0. The summed E-state index contributed by atoms with van der Waals surface area (Å²) in [7, 11) is 0. The lowest BCUT2D eigenvalue weighted by Crippen LogP contribution is -2.30.